The zero-order chi connectivity index (χ0) is 9.26. The highest BCUT2D eigenvalue weighted by Crippen LogP contribution is 2.30. The molecule has 1 aliphatic rings. The fourth-order valence-corrected chi connectivity index (χ4v) is 1.50. The van der Waals surface area contributed by atoms with Gasteiger partial charge in [-0.2, -0.15) is 0 Å². The molecule has 68 valence electrons. The molecule has 2 rings (SSSR count). The first kappa shape index (κ1) is 8.10. The number of amides is 1. The molecule has 1 aliphatic heterocycles. The van der Waals surface area contributed by atoms with E-state index in [-0.39, 0.29) is 5.91 Å². The van der Waals surface area contributed by atoms with Gasteiger partial charge in [0.25, 0.3) is 0 Å². The average molecular weight is 177 g/mol. The second-order valence-corrected chi connectivity index (χ2v) is 2.99. The molecule has 13 heavy (non-hydrogen) atoms. The van der Waals surface area contributed by atoms with Crippen molar-refractivity contribution in [2.24, 2.45) is 0 Å². The number of carbonyl (C=O) groups excluding carboxylic acids is 1. The topological polar surface area (TPSA) is 29.5 Å². The van der Waals surface area contributed by atoms with Crippen LogP contribution in [0.15, 0.2) is 24.3 Å². The number of hydrogen-bond donors (Lipinski definition) is 0. The summed E-state index contributed by atoms with van der Waals surface area (Å²) < 4.78 is 5.41. The summed E-state index contributed by atoms with van der Waals surface area (Å²) in [6.45, 7) is 2.80. The van der Waals surface area contributed by atoms with Crippen LogP contribution in [-0.4, -0.2) is 19.1 Å². The van der Waals surface area contributed by atoms with E-state index in [9.17, 15) is 4.79 Å². The van der Waals surface area contributed by atoms with Crippen LogP contribution in [0.25, 0.3) is 0 Å². The molecule has 0 radical (unpaired) electrons. The molecule has 0 fully saturated rings. The Morgan fingerprint density at radius 1 is 1.46 bits per heavy atom. The van der Waals surface area contributed by atoms with Crippen molar-refractivity contribution in [3.8, 4) is 5.75 Å². The molecule has 1 aromatic rings. The third-order valence-electron chi connectivity index (χ3n) is 2.11. The number of nitrogens with zero attached hydrogens (tertiary/aromatic N) is 1. The van der Waals surface area contributed by atoms with Crippen molar-refractivity contribution < 1.29 is 9.53 Å². The summed E-state index contributed by atoms with van der Waals surface area (Å²) >= 11 is 0. The Morgan fingerprint density at radius 3 is 3.00 bits per heavy atom. The van der Waals surface area contributed by atoms with Crippen LogP contribution in [0.2, 0.25) is 0 Å². The Hall–Kier alpha value is -1.51. The van der Waals surface area contributed by atoms with E-state index in [1.807, 2.05) is 24.3 Å². The molecule has 3 nitrogen and oxygen atoms in total. The predicted molar refractivity (Wildman–Crippen MR) is 50.0 cm³/mol. The van der Waals surface area contributed by atoms with Crippen molar-refractivity contribution in [2.45, 2.75) is 6.92 Å². The van der Waals surface area contributed by atoms with Crippen LogP contribution in [0.1, 0.15) is 6.92 Å². The Balaban J connectivity index is 2.42. The van der Waals surface area contributed by atoms with E-state index in [4.69, 9.17) is 4.74 Å². The maximum atomic E-state index is 11.2. The van der Waals surface area contributed by atoms with E-state index in [1.165, 1.54) is 0 Å². The number of rotatable bonds is 0. The third kappa shape index (κ3) is 1.37. The van der Waals surface area contributed by atoms with Crippen molar-refractivity contribution >= 4 is 11.6 Å². The van der Waals surface area contributed by atoms with E-state index in [1.54, 1.807) is 11.8 Å². The molecule has 0 aromatic heterocycles. The molecule has 0 saturated heterocycles. The SMILES string of the molecule is CC(=O)N1CCOc2ccccc21. The fraction of sp³-hybridized carbons (Fsp3) is 0.300. The van der Waals surface area contributed by atoms with Gasteiger partial charge in [-0.15, -0.1) is 0 Å². The van der Waals surface area contributed by atoms with Crippen LogP contribution >= 0.6 is 0 Å². The molecule has 1 heterocycles. The summed E-state index contributed by atoms with van der Waals surface area (Å²) in [5, 5.41) is 0. The van der Waals surface area contributed by atoms with Crippen LogP contribution in [0, 0.1) is 0 Å². The predicted octanol–water partition coefficient (Wildman–Crippen LogP) is 1.43. The smallest absolute Gasteiger partial charge is 0.224 e. The van der Waals surface area contributed by atoms with E-state index in [2.05, 4.69) is 0 Å². The van der Waals surface area contributed by atoms with Gasteiger partial charge in [0.2, 0.25) is 5.91 Å². The van der Waals surface area contributed by atoms with Crippen molar-refractivity contribution in [1.82, 2.24) is 0 Å². The van der Waals surface area contributed by atoms with Gasteiger partial charge in [0.05, 0.1) is 12.2 Å². The number of benzene rings is 1. The first-order chi connectivity index (χ1) is 6.29. The first-order valence-electron chi connectivity index (χ1n) is 4.29. The van der Waals surface area contributed by atoms with E-state index in [0.29, 0.717) is 13.2 Å². The molecule has 0 aliphatic carbocycles. The minimum absolute atomic E-state index is 0.0655. The number of carbonyl (C=O) groups is 1. The summed E-state index contributed by atoms with van der Waals surface area (Å²) in [4.78, 5) is 13.0. The molecule has 1 aromatic carbocycles. The zero-order valence-electron chi connectivity index (χ0n) is 7.49. The number of fused-ring (bicyclic) bond motifs is 1. The number of anilines is 1. The van der Waals surface area contributed by atoms with Crippen molar-refractivity contribution in [2.75, 3.05) is 18.1 Å². The zero-order valence-corrected chi connectivity index (χ0v) is 7.49. The number of para-hydroxylation sites is 2. The van der Waals surface area contributed by atoms with Crippen molar-refractivity contribution in [3.05, 3.63) is 24.3 Å². The number of ether oxygens (including phenoxy) is 1. The average Bonchev–Trinajstić information content (AvgIpc) is 2.17. The fourth-order valence-electron chi connectivity index (χ4n) is 1.50. The van der Waals surface area contributed by atoms with Crippen LogP contribution in [0.4, 0.5) is 5.69 Å². The van der Waals surface area contributed by atoms with Gasteiger partial charge in [0, 0.05) is 6.92 Å². The summed E-state index contributed by atoms with van der Waals surface area (Å²) in [7, 11) is 0. The maximum absolute atomic E-state index is 11.2. The second-order valence-electron chi connectivity index (χ2n) is 2.99. The lowest BCUT2D eigenvalue weighted by Gasteiger charge is -2.28. The van der Waals surface area contributed by atoms with Crippen molar-refractivity contribution in [3.63, 3.8) is 0 Å². The molecule has 0 bridgehead atoms. The summed E-state index contributed by atoms with van der Waals surface area (Å²) in [6, 6.07) is 7.59. The van der Waals surface area contributed by atoms with Gasteiger partial charge < -0.3 is 9.64 Å². The van der Waals surface area contributed by atoms with E-state index < -0.39 is 0 Å². The Morgan fingerprint density at radius 2 is 2.23 bits per heavy atom. The molecule has 0 unspecified atom stereocenters. The molecule has 0 saturated carbocycles. The molecule has 3 heteroatoms. The minimum Gasteiger partial charge on any atom is -0.490 e. The molecule has 0 atom stereocenters. The van der Waals surface area contributed by atoms with E-state index in [0.717, 1.165) is 11.4 Å². The van der Waals surface area contributed by atoms with Gasteiger partial charge in [-0.3, -0.25) is 4.79 Å². The van der Waals surface area contributed by atoms with Gasteiger partial charge in [0.15, 0.2) is 0 Å². The van der Waals surface area contributed by atoms with Crippen LogP contribution in [0.5, 0.6) is 5.75 Å². The Labute approximate surface area is 76.9 Å². The Bertz CT molecular complexity index is 335. The van der Waals surface area contributed by atoms with Gasteiger partial charge >= 0.3 is 0 Å². The highest BCUT2D eigenvalue weighted by molar-refractivity contribution is 5.93. The quantitative estimate of drug-likeness (QED) is 0.600. The lowest BCUT2D eigenvalue weighted by molar-refractivity contribution is -0.116. The summed E-state index contributed by atoms with van der Waals surface area (Å²) in [5.41, 5.74) is 0.876. The van der Waals surface area contributed by atoms with Crippen LogP contribution in [0.3, 0.4) is 0 Å². The molecular weight excluding hydrogens is 166 g/mol. The normalized spacial score (nSPS) is 14.7. The third-order valence-corrected chi connectivity index (χ3v) is 2.11. The van der Waals surface area contributed by atoms with E-state index >= 15 is 0 Å². The summed E-state index contributed by atoms with van der Waals surface area (Å²) in [6.07, 6.45) is 0. The van der Waals surface area contributed by atoms with Crippen LogP contribution < -0.4 is 9.64 Å². The standard InChI is InChI=1S/C10H11NO2/c1-8(12)11-6-7-13-10-5-3-2-4-9(10)11/h2-5H,6-7H2,1H3. The number of hydrogen-bond acceptors (Lipinski definition) is 2. The largest absolute Gasteiger partial charge is 0.490 e. The second kappa shape index (κ2) is 3.09. The van der Waals surface area contributed by atoms with Gasteiger partial charge in [-0.05, 0) is 12.1 Å². The maximum Gasteiger partial charge on any atom is 0.224 e. The van der Waals surface area contributed by atoms with Gasteiger partial charge in [0.1, 0.15) is 12.4 Å². The molecule has 0 N–H and O–H groups in total. The molecule has 0 spiro atoms. The first-order valence-corrected chi connectivity index (χ1v) is 4.29. The lowest BCUT2D eigenvalue weighted by Crippen LogP contribution is -2.36. The Kier molecular flexibility index (Phi) is 1.93. The monoisotopic (exact) mass is 177 g/mol. The van der Waals surface area contributed by atoms with Crippen molar-refractivity contribution in [1.29, 1.82) is 0 Å². The van der Waals surface area contributed by atoms with Crippen LogP contribution in [-0.2, 0) is 4.79 Å². The summed E-state index contributed by atoms with van der Waals surface area (Å²) in [5.74, 6) is 0.861. The molecular formula is C10H11NO2. The van der Waals surface area contributed by atoms with Gasteiger partial charge in [-0.1, -0.05) is 12.1 Å². The highest BCUT2D eigenvalue weighted by Gasteiger charge is 2.19. The van der Waals surface area contributed by atoms with Gasteiger partial charge in [-0.25, -0.2) is 0 Å². The highest BCUT2D eigenvalue weighted by atomic mass is 16.5. The minimum atomic E-state index is 0.0655. The molecule has 1 amide bonds. The lowest BCUT2D eigenvalue weighted by atomic mass is 10.2.